The normalized spacial score (nSPS) is 25.4. The molecule has 94 valence electrons. The fourth-order valence-corrected chi connectivity index (χ4v) is 2.40. The van der Waals surface area contributed by atoms with Gasteiger partial charge < -0.3 is 10.6 Å². The largest absolute Gasteiger partial charge is 0.378 e. The maximum atomic E-state index is 10.9. The summed E-state index contributed by atoms with van der Waals surface area (Å²) in [6.07, 6.45) is 0.916. The number of likely N-dealkylation sites (N-methyl/N-ethyl adjacent to an activating group) is 1. The maximum Gasteiger partial charge on any atom is 0.333 e. The molecule has 17 heavy (non-hydrogen) atoms. The number of hydrogen-bond acceptors (Lipinski definition) is 5. The van der Waals surface area contributed by atoms with Crippen LogP contribution in [0.25, 0.3) is 0 Å². The van der Waals surface area contributed by atoms with E-state index in [0.717, 1.165) is 13.0 Å². The van der Waals surface area contributed by atoms with Gasteiger partial charge in [-0.1, -0.05) is 0 Å². The highest BCUT2D eigenvalue weighted by Gasteiger charge is 2.32. The third-order valence-electron chi connectivity index (χ3n) is 3.48. The molecule has 0 amide bonds. The quantitative estimate of drug-likeness (QED) is 0.613. The molecule has 0 bridgehead atoms. The lowest BCUT2D eigenvalue weighted by Crippen LogP contribution is -2.22. The molecule has 7 nitrogen and oxygen atoms in total. The number of nitrogen functional groups attached to an aromatic ring is 1. The van der Waals surface area contributed by atoms with Crippen molar-refractivity contribution < 1.29 is 4.92 Å². The van der Waals surface area contributed by atoms with Crippen LogP contribution in [-0.2, 0) is 0 Å². The lowest BCUT2D eigenvalue weighted by molar-refractivity contribution is -0.384. The van der Waals surface area contributed by atoms with Gasteiger partial charge in [-0.3, -0.25) is 10.1 Å². The number of rotatable bonds is 2. The molecule has 2 heterocycles. The molecule has 0 aliphatic carbocycles. The van der Waals surface area contributed by atoms with Crippen molar-refractivity contribution in [2.75, 3.05) is 19.3 Å². The minimum Gasteiger partial charge on any atom is -0.378 e. The van der Waals surface area contributed by atoms with Crippen molar-refractivity contribution in [3.8, 4) is 0 Å². The van der Waals surface area contributed by atoms with Gasteiger partial charge in [0.05, 0.1) is 11.0 Å². The molecule has 2 rings (SSSR count). The van der Waals surface area contributed by atoms with Gasteiger partial charge in [-0.05, 0) is 27.3 Å². The van der Waals surface area contributed by atoms with Crippen LogP contribution in [0.1, 0.15) is 25.1 Å². The van der Waals surface area contributed by atoms with E-state index in [-0.39, 0.29) is 17.5 Å². The molecule has 1 fully saturated rings. The molecule has 2 atom stereocenters. The number of hydrogen-bond donors (Lipinski definition) is 1. The van der Waals surface area contributed by atoms with Crippen molar-refractivity contribution in [3.05, 3.63) is 15.8 Å². The summed E-state index contributed by atoms with van der Waals surface area (Å²) in [4.78, 5) is 12.6. The first-order valence-corrected chi connectivity index (χ1v) is 5.61. The predicted octanol–water partition coefficient (Wildman–Crippen LogP) is 0.947. The molecule has 1 aromatic rings. The molecule has 2 N–H and O–H groups in total. The highest BCUT2D eigenvalue weighted by atomic mass is 16.6. The molecule has 1 saturated heterocycles. The van der Waals surface area contributed by atoms with Gasteiger partial charge >= 0.3 is 5.69 Å². The third-order valence-corrected chi connectivity index (χ3v) is 3.48. The molecule has 0 aromatic carbocycles. The summed E-state index contributed by atoms with van der Waals surface area (Å²) in [7, 11) is 2.03. The lowest BCUT2D eigenvalue weighted by atomic mass is 10.2. The number of nitro groups is 1. The number of nitrogens with two attached hydrogens (primary N) is 1. The van der Waals surface area contributed by atoms with Crippen molar-refractivity contribution >= 4 is 11.5 Å². The number of anilines is 1. The predicted molar refractivity (Wildman–Crippen MR) is 63.8 cm³/mol. The van der Waals surface area contributed by atoms with Gasteiger partial charge in [0.15, 0.2) is 0 Å². The highest BCUT2D eigenvalue weighted by Crippen LogP contribution is 2.32. The van der Waals surface area contributed by atoms with Crippen molar-refractivity contribution in [1.29, 1.82) is 0 Å². The Kier molecular flexibility index (Phi) is 2.78. The van der Waals surface area contributed by atoms with Gasteiger partial charge in [-0.25, -0.2) is 4.68 Å². The van der Waals surface area contributed by atoms with Gasteiger partial charge in [-0.15, -0.1) is 0 Å². The second-order valence-electron chi connectivity index (χ2n) is 4.70. The Morgan fingerprint density at radius 1 is 1.59 bits per heavy atom. The minimum absolute atomic E-state index is 0.0628. The van der Waals surface area contributed by atoms with E-state index in [1.165, 1.54) is 0 Å². The monoisotopic (exact) mass is 239 g/mol. The number of nitrogens with zero attached hydrogens (tertiary/aromatic N) is 4. The van der Waals surface area contributed by atoms with Gasteiger partial charge in [-0.2, -0.15) is 5.10 Å². The number of likely N-dealkylation sites (tertiary alicyclic amines) is 1. The van der Waals surface area contributed by atoms with Crippen molar-refractivity contribution in [3.63, 3.8) is 0 Å². The van der Waals surface area contributed by atoms with Crippen LogP contribution in [-0.4, -0.2) is 39.2 Å². The summed E-state index contributed by atoms with van der Waals surface area (Å²) in [6, 6.07) is 0.574. The van der Waals surface area contributed by atoms with Crippen LogP contribution in [0, 0.1) is 17.0 Å². The van der Waals surface area contributed by atoms with E-state index in [1.807, 2.05) is 7.05 Å². The molecule has 0 saturated carbocycles. The van der Waals surface area contributed by atoms with Crippen molar-refractivity contribution in [1.82, 2.24) is 14.7 Å². The highest BCUT2D eigenvalue weighted by molar-refractivity contribution is 5.56. The topological polar surface area (TPSA) is 90.2 Å². The summed E-state index contributed by atoms with van der Waals surface area (Å²) >= 11 is 0. The fourth-order valence-electron chi connectivity index (χ4n) is 2.40. The fraction of sp³-hybridized carbons (Fsp3) is 0.700. The molecule has 7 heteroatoms. The third kappa shape index (κ3) is 1.86. The molecule has 1 aromatic heterocycles. The molecule has 0 radical (unpaired) electrons. The van der Waals surface area contributed by atoms with E-state index in [1.54, 1.807) is 11.6 Å². The Labute approximate surface area is 99.3 Å². The average molecular weight is 239 g/mol. The molecule has 1 aliphatic rings. The Morgan fingerprint density at radius 3 is 2.65 bits per heavy atom. The smallest absolute Gasteiger partial charge is 0.333 e. The van der Waals surface area contributed by atoms with E-state index in [9.17, 15) is 10.1 Å². The van der Waals surface area contributed by atoms with E-state index in [2.05, 4.69) is 16.9 Å². The van der Waals surface area contributed by atoms with Crippen LogP contribution in [0.3, 0.4) is 0 Å². The maximum absolute atomic E-state index is 10.9. The Bertz CT molecular complexity index is 446. The zero-order valence-corrected chi connectivity index (χ0v) is 10.3. The molecular weight excluding hydrogens is 222 g/mol. The Balaban J connectivity index is 2.35. The van der Waals surface area contributed by atoms with Gasteiger partial charge in [0.1, 0.15) is 5.69 Å². The van der Waals surface area contributed by atoms with Gasteiger partial charge in [0, 0.05) is 12.6 Å². The molecule has 2 unspecified atom stereocenters. The van der Waals surface area contributed by atoms with Crippen LogP contribution in [0.5, 0.6) is 0 Å². The molecular formula is C10H17N5O2. The van der Waals surface area contributed by atoms with Gasteiger partial charge in [0.2, 0.25) is 5.82 Å². The second-order valence-corrected chi connectivity index (χ2v) is 4.70. The lowest BCUT2D eigenvalue weighted by Gasteiger charge is -2.12. The summed E-state index contributed by atoms with van der Waals surface area (Å²) in [5, 5.41) is 15.1. The molecule has 0 spiro atoms. The van der Waals surface area contributed by atoms with Crippen molar-refractivity contribution in [2.24, 2.45) is 0 Å². The minimum atomic E-state index is -0.462. The van der Waals surface area contributed by atoms with E-state index in [4.69, 9.17) is 5.73 Å². The zero-order chi connectivity index (χ0) is 12.7. The second kappa shape index (κ2) is 3.99. The number of aromatic nitrogens is 2. The summed E-state index contributed by atoms with van der Waals surface area (Å²) < 4.78 is 1.60. The van der Waals surface area contributed by atoms with Gasteiger partial charge in [0.25, 0.3) is 0 Å². The standard InChI is InChI=1S/C10H17N5O2/c1-6-4-8(5-13(6)3)14-10(11)9(15(16)17)7(2)12-14/h6,8H,4-5,11H2,1-3H3. The SMILES string of the molecule is Cc1nn(C2CC(C)N(C)C2)c(N)c1[N+](=O)[O-]. The van der Waals surface area contributed by atoms with E-state index in [0.29, 0.717) is 11.7 Å². The Hall–Kier alpha value is -1.63. The first kappa shape index (κ1) is 11.8. The summed E-state index contributed by atoms with van der Waals surface area (Å²) in [5.41, 5.74) is 6.14. The number of aryl methyl sites for hydroxylation is 1. The summed E-state index contributed by atoms with van der Waals surface area (Å²) in [6.45, 7) is 4.57. The van der Waals surface area contributed by atoms with Crippen LogP contribution in [0.4, 0.5) is 11.5 Å². The Morgan fingerprint density at radius 2 is 2.24 bits per heavy atom. The van der Waals surface area contributed by atoms with Crippen molar-refractivity contribution in [2.45, 2.75) is 32.4 Å². The van der Waals surface area contributed by atoms with E-state index >= 15 is 0 Å². The molecule has 1 aliphatic heterocycles. The van der Waals surface area contributed by atoms with E-state index < -0.39 is 4.92 Å². The summed E-state index contributed by atoms with van der Waals surface area (Å²) in [5.74, 6) is 0.167. The first-order chi connectivity index (χ1) is 7.91. The van der Waals surface area contributed by atoms with Crippen LogP contribution < -0.4 is 5.73 Å². The zero-order valence-electron chi connectivity index (χ0n) is 10.3. The first-order valence-electron chi connectivity index (χ1n) is 5.61. The van der Waals surface area contributed by atoms with Crippen LogP contribution in [0.2, 0.25) is 0 Å². The van der Waals surface area contributed by atoms with Crippen LogP contribution in [0.15, 0.2) is 0 Å². The average Bonchev–Trinajstić information content (AvgIpc) is 2.69. The van der Waals surface area contributed by atoms with Crippen LogP contribution >= 0.6 is 0 Å².